The van der Waals surface area contributed by atoms with Crippen LogP contribution >= 0.6 is 11.6 Å². The molecule has 0 bridgehead atoms. The summed E-state index contributed by atoms with van der Waals surface area (Å²) < 4.78 is 11.0. The molecule has 1 heterocycles. The fourth-order valence-electron chi connectivity index (χ4n) is 1.62. The van der Waals surface area contributed by atoms with E-state index in [9.17, 15) is 14.4 Å². The molecule has 1 amide bonds. The van der Waals surface area contributed by atoms with Crippen molar-refractivity contribution in [1.82, 2.24) is 9.88 Å². The minimum atomic E-state index is -1.51. The zero-order valence-electron chi connectivity index (χ0n) is 12.0. The van der Waals surface area contributed by atoms with Crippen LogP contribution in [-0.2, 0) is 26.1 Å². The molecule has 0 aliphatic heterocycles. The number of hydrogen-bond donors (Lipinski definition) is 1. The van der Waals surface area contributed by atoms with Crippen molar-refractivity contribution in [2.45, 2.75) is 19.9 Å². The quantitative estimate of drug-likeness (QED) is 0.622. The summed E-state index contributed by atoms with van der Waals surface area (Å²) in [6, 6.07) is -0.0874. The van der Waals surface area contributed by atoms with Crippen LogP contribution in [-0.4, -0.2) is 41.7 Å². The third-order valence-corrected chi connectivity index (χ3v) is 2.73. The lowest BCUT2D eigenvalue weighted by atomic mass is 10.2. The van der Waals surface area contributed by atoms with Gasteiger partial charge in [0, 0.05) is 13.2 Å². The van der Waals surface area contributed by atoms with Gasteiger partial charge in [-0.1, -0.05) is 11.6 Å². The van der Waals surface area contributed by atoms with Gasteiger partial charge < -0.3 is 19.4 Å². The van der Waals surface area contributed by atoms with E-state index >= 15 is 0 Å². The first-order valence-electron chi connectivity index (χ1n) is 6.36. The minimum Gasteiger partial charge on any atom is -0.464 e. The molecule has 0 fully saturated rings. The molecule has 1 N–H and O–H groups in total. The third kappa shape index (κ3) is 4.49. The number of rotatable bonds is 6. The summed E-state index contributed by atoms with van der Waals surface area (Å²) in [5.74, 6) is -2.37. The predicted molar refractivity (Wildman–Crippen MR) is 74.9 cm³/mol. The van der Waals surface area contributed by atoms with Crippen LogP contribution in [0.15, 0.2) is 12.3 Å². The van der Waals surface area contributed by atoms with E-state index < -0.39 is 23.9 Å². The van der Waals surface area contributed by atoms with E-state index in [-0.39, 0.29) is 18.9 Å². The second-order valence-electron chi connectivity index (χ2n) is 4.07. The highest BCUT2D eigenvalue weighted by molar-refractivity contribution is 6.31. The first-order valence-corrected chi connectivity index (χ1v) is 6.74. The highest BCUT2D eigenvalue weighted by atomic mass is 35.5. The molecule has 0 spiro atoms. The van der Waals surface area contributed by atoms with Gasteiger partial charge in [0.2, 0.25) is 6.04 Å². The van der Waals surface area contributed by atoms with Crippen LogP contribution in [0.5, 0.6) is 0 Å². The molecule has 8 heteroatoms. The molecule has 1 rings (SSSR count). The Morgan fingerprint density at radius 3 is 2.14 bits per heavy atom. The average molecular weight is 317 g/mol. The van der Waals surface area contributed by atoms with E-state index in [1.165, 1.54) is 16.8 Å². The molecule has 116 valence electrons. The Labute approximate surface area is 127 Å². The lowest BCUT2D eigenvalue weighted by molar-refractivity contribution is -0.157. The molecule has 7 nitrogen and oxygen atoms in total. The van der Waals surface area contributed by atoms with Crippen molar-refractivity contribution in [3.05, 3.63) is 23.0 Å². The molecule has 0 radical (unpaired) electrons. The Kier molecular flexibility index (Phi) is 6.23. The Bertz CT molecular complexity index is 523. The number of carbonyl (C=O) groups is 3. The number of esters is 2. The van der Waals surface area contributed by atoms with Gasteiger partial charge in [0.05, 0.1) is 18.2 Å². The third-order valence-electron chi connectivity index (χ3n) is 2.52. The van der Waals surface area contributed by atoms with E-state index in [1.54, 1.807) is 20.9 Å². The number of hydrogen-bond acceptors (Lipinski definition) is 5. The second kappa shape index (κ2) is 7.68. The molecule has 0 aliphatic rings. The van der Waals surface area contributed by atoms with Crippen molar-refractivity contribution in [1.29, 1.82) is 0 Å². The van der Waals surface area contributed by atoms with E-state index in [0.29, 0.717) is 5.02 Å². The summed E-state index contributed by atoms with van der Waals surface area (Å²) in [5, 5.41) is 2.66. The molecule has 21 heavy (non-hydrogen) atoms. The van der Waals surface area contributed by atoms with Crippen molar-refractivity contribution in [3.8, 4) is 0 Å². The van der Waals surface area contributed by atoms with Crippen molar-refractivity contribution in [3.63, 3.8) is 0 Å². The fraction of sp³-hybridized carbons (Fsp3) is 0.462. The predicted octanol–water partition coefficient (Wildman–Crippen LogP) is 0.903. The van der Waals surface area contributed by atoms with Crippen LogP contribution in [0.25, 0.3) is 0 Å². The number of aromatic nitrogens is 1. The van der Waals surface area contributed by atoms with Crippen LogP contribution < -0.4 is 5.32 Å². The SMILES string of the molecule is CCOC(=O)C(NC(=O)c1cc(Cl)cn1C)C(=O)OCC. The Balaban J connectivity index is 2.90. The van der Waals surface area contributed by atoms with Crippen LogP contribution in [0.1, 0.15) is 24.3 Å². The summed E-state index contributed by atoms with van der Waals surface area (Å²) in [7, 11) is 1.62. The molecule has 1 aromatic rings. The number of nitrogens with zero attached hydrogens (tertiary/aromatic N) is 1. The van der Waals surface area contributed by atoms with Gasteiger partial charge in [0.15, 0.2) is 0 Å². The molecule has 0 aliphatic carbocycles. The molecule has 1 aromatic heterocycles. The summed E-state index contributed by atoms with van der Waals surface area (Å²) in [5.41, 5.74) is 0.207. The van der Waals surface area contributed by atoms with Crippen molar-refractivity contribution in [2.75, 3.05) is 13.2 Å². The van der Waals surface area contributed by atoms with Gasteiger partial charge in [-0.3, -0.25) is 4.79 Å². The lowest BCUT2D eigenvalue weighted by Gasteiger charge is -2.16. The highest BCUT2D eigenvalue weighted by Gasteiger charge is 2.32. The molecular formula is C13H17ClN2O5. The number of halogens is 1. The van der Waals surface area contributed by atoms with Crippen molar-refractivity contribution in [2.24, 2.45) is 7.05 Å². The number of nitrogens with one attached hydrogen (secondary N) is 1. The number of amides is 1. The summed E-state index contributed by atoms with van der Waals surface area (Å²) >= 11 is 5.79. The minimum absolute atomic E-state index is 0.0839. The van der Waals surface area contributed by atoms with Crippen LogP contribution in [0.2, 0.25) is 5.02 Å². The smallest absolute Gasteiger partial charge is 0.340 e. The average Bonchev–Trinajstić information content (AvgIpc) is 2.75. The Morgan fingerprint density at radius 1 is 1.24 bits per heavy atom. The van der Waals surface area contributed by atoms with Crippen LogP contribution in [0.3, 0.4) is 0 Å². The van der Waals surface area contributed by atoms with Gasteiger partial charge in [0.25, 0.3) is 5.91 Å². The van der Waals surface area contributed by atoms with Gasteiger partial charge in [-0.25, -0.2) is 9.59 Å². The summed E-state index contributed by atoms with van der Waals surface area (Å²) in [6.45, 7) is 3.36. The lowest BCUT2D eigenvalue weighted by Crippen LogP contribution is -2.48. The zero-order valence-corrected chi connectivity index (χ0v) is 12.8. The Hall–Kier alpha value is -2.02. The van der Waals surface area contributed by atoms with Gasteiger partial charge in [-0.05, 0) is 19.9 Å². The van der Waals surface area contributed by atoms with E-state index in [1.807, 2.05) is 0 Å². The van der Waals surface area contributed by atoms with Gasteiger partial charge in [0.1, 0.15) is 5.69 Å². The van der Waals surface area contributed by atoms with Gasteiger partial charge in [-0.15, -0.1) is 0 Å². The second-order valence-corrected chi connectivity index (χ2v) is 4.50. The molecule has 0 unspecified atom stereocenters. The number of ether oxygens (including phenoxy) is 2. The topological polar surface area (TPSA) is 86.6 Å². The zero-order chi connectivity index (χ0) is 16.0. The van der Waals surface area contributed by atoms with Crippen molar-refractivity contribution < 1.29 is 23.9 Å². The molecule has 0 atom stereocenters. The monoisotopic (exact) mass is 316 g/mol. The van der Waals surface area contributed by atoms with E-state index in [4.69, 9.17) is 21.1 Å². The first-order chi connectivity index (χ1) is 9.90. The maximum atomic E-state index is 12.1. The Morgan fingerprint density at radius 2 is 1.76 bits per heavy atom. The highest BCUT2D eigenvalue weighted by Crippen LogP contribution is 2.12. The standard InChI is InChI=1S/C13H17ClN2O5/c1-4-20-12(18)10(13(19)21-5-2)15-11(17)9-6-8(14)7-16(9)3/h6-7,10H,4-5H2,1-3H3,(H,15,17). The van der Waals surface area contributed by atoms with Crippen LogP contribution in [0.4, 0.5) is 0 Å². The van der Waals surface area contributed by atoms with Gasteiger partial charge >= 0.3 is 11.9 Å². The number of carbonyl (C=O) groups excluding carboxylic acids is 3. The number of aryl methyl sites for hydroxylation is 1. The molecular weight excluding hydrogens is 300 g/mol. The summed E-state index contributed by atoms with van der Waals surface area (Å²) in [4.78, 5) is 35.6. The van der Waals surface area contributed by atoms with Gasteiger partial charge in [-0.2, -0.15) is 0 Å². The maximum absolute atomic E-state index is 12.1. The largest absolute Gasteiger partial charge is 0.464 e. The molecule has 0 aromatic carbocycles. The van der Waals surface area contributed by atoms with E-state index in [2.05, 4.69) is 5.32 Å². The normalized spacial score (nSPS) is 10.3. The summed E-state index contributed by atoms with van der Waals surface area (Å²) in [6.07, 6.45) is 1.53. The van der Waals surface area contributed by atoms with Crippen LogP contribution in [0, 0.1) is 0 Å². The van der Waals surface area contributed by atoms with E-state index in [0.717, 1.165) is 0 Å². The molecule has 0 saturated carbocycles. The molecule has 0 saturated heterocycles. The van der Waals surface area contributed by atoms with Crippen molar-refractivity contribution >= 4 is 29.4 Å². The first kappa shape index (κ1) is 17.0. The fourth-order valence-corrected chi connectivity index (χ4v) is 1.87. The maximum Gasteiger partial charge on any atom is 0.340 e.